The van der Waals surface area contributed by atoms with Crippen LogP contribution in [-0.4, -0.2) is 35.1 Å². The van der Waals surface area contributed by atoms with Crippen molar-refractivity contribution in [3.63, 3.8) is 0 Å². The summed E-state index contributed by atoms with van der Waals surface area (Å²) in [6, 6.07) is 23.4. The van der Waals surface area contributed by atoms with Gasteiger partial charge >= 0.3 is 5.97 Å². The molecule has 1 amide bonds. The molecular weight excluding hydrogens is 531 g/mol. The number of hydrazone groups is 1. The molecule has 0 fully saturated rings. The van der Waals surface area contributed by atoms with Gasteiger partial charge in [0, 0.05) is 23.1 Å². The summed E-state index contributed by atoms with van der Waals surface area (Å²) in [6.07, 6.45) is 1.37. The number of halogens is 1. The Kier molecular flexibility index (Phi) is 7.50. The molecule has 0 aliphatic rings. The Labute approximate surface area is 232 Å². The number of carbonyl (C=O) groups excluding carboxylic acids is 2. The molecule has 0 bridgehead atoms. The fraction of sp³-hybridized carbons (Fsp3) is 0.0333. The topological polar surface area (TPSA) is 136 Å². The Morgan fingerprint density at radius 2 is 1.73 bits per heavy atom. The second-order valence-electron chi connectivity index (χ2n) is 8.71. The molecule has 0 atom stereocenters. The summed E-state index contributed by atoms with van der Waals surface area (Å²) < 4.78 is 25.2. The van der Waals surface area contributed by atoms with Gasteiger partial charge in [0.25, 0.3) is 11.6 Å². The number of rotatable bonds is 8. The number of carbonyl (C=O) groups is 2. The molecule has 0 unspecified atom stereocenters. The van der Waals surface area contributed by atoms with Gasteiger partial charge in [-0.2, -0.15) is 5.10 Å². The van der Waals surface area contributed by atoms with Crippen molar-refractivity contribution in [1.82, 2.24) is 10.4 Å². The fourth-order valence-corrected chi connectivity index (χ4v) is 4.20. The number of nitrogens with one attached hydrogen (secondary N) is 2. The third kappa shape index (κ3) is 5.64. The molecule has 0 saturated carbocycles. The lowest BCUT2D eigenvalue weighted by Crippen LogP contribution is -2.18. The predicted molar refractivity (Wildman–Crippen MR) is 150 cm³/mol. The lowest BCUT2D eigenvalue weighted by Gasteiger charge is -2.10. The van der Waals surface area contributed by atoms with E-state index in [1.807, 2.05) is 30.3 Å². The number of benzene rings is 4. The van der Waals surface area contributed by atoms with E-state index in [4.69, 9.17) is 9.47 Å². The lowest BCUT2D eigenvalue weighted by atomic mass is 10.0. The van der Waals surface area contributed by atoms with Crippen molar-refractivity contribution < 1.29 is 28.4 Å². The molecule has 1 heterocycles. The normalized spacial score (nSPS) is 11.0. The third-order valence-electron chi connectivity index (χ3n) is 6.16. The van der Waals surface area contributed by atoms with Gasteiger partial charge in [0.05, 0.1) is 29.3 Å². The number of hydrogen-bond acceptors (Lipinski definition) is 7. The number of H-pyrrole nitrogens is 1. The van der Waals surface area contributed by atoms with E-state index in [1.165, 1.54) is 49.7 Å². The second kappa shape index (κ2) is 11.5. The van der Waals surface area contributed by atoms with Gasteiger partial charge in [0.1, 0.15) is 11.5 Å². The maximum Gasteiger partial charge on any atom is 0.343 e. The van der Waals surface area contributed by atoms with E-state index in [-0.39, 0.29) is 34.0 Å². The summed E-state index contributed by atoms with van der Waals surface area (Å²) in [4.78, 5) is 38.7. The molecule has 0 saturated heterocycles. The van der Waals surface area contributed by atoms with E-state index in [9.17, 15) is 24.1 Å². The number of aromatic nitrogens is 1. The van der Waals surface area contributed by atoms with Crippen LogP contribution in [0.25, 0.3) is 22.0 Å². The van der Waals surface area contributed by atoms with E-state index >= 15 is 0 Å². The molecule has 5 aromatic rings. The average Bonchev–Trinajstić information content (AvgIpc) is 3.39. The highest BCUT2D eigenvalue weighted by Gasteiger charge is 2.21. The quantitative estimate of drug-likeness (QED) is 0.0812. The van der Waals surface area contributed by atoms with Crippen molar-refractivity contribution in [3.8, 4) is 22.6 Å². The standard InChI is InChI=1S/C30H21FN4O6/c1-40-25-16-18(10-15-24(25)41-30(37)20-11-13-21(14-12-20)35(38)39)17-32-34-29(36)28-26(19-6-3-2-4-7-19)22-8-5-9-23(31)27(22)33-28/h2-17,33H,1H3,(H,34,36). The van der Waals surface area contributed by atoms with E-state index in [2.05, 4.69) is 15.5 Å². The van der Waals surface area contributed by atoms with Crippen LogP contribution in [0.5, 0.6) is 11.5 Å². The first kappa shape index (κ1) is 26.8. The first-order valence-corrected chi connectivity index (χ1v) is 12.2. The number of non-ortho nitro benzene ring substituents is 1. The minimum atomic E-state index is -0.726. The van der Waals surface area contributed by atoms with Crippen LogP contribution < -0.4 is 14.9 Å². The van der Waals surface area contributed by atoms with Crippen LogP contribution >= 0.6 is 0 Å². The maximum atomic E-state index is 14.5. The smallest absolute Gasteiger partial charge is 0.343 e. The average molecular weight is 553 g/mol. The molecule has 0 radical (unpaired) electrons. The van der Waals surface area contributed by atoms with Gasteiger partial charge in [-0.05, 0) is 47.5 Å². The number of nitro benzene ring substituents is 1. The predicted octanol–water partition coefficient (Wildman–Crippen LogP) is 5.87. The number of methoxy groups -OCH3 is 1. The minimum absolute atomic E-state index is 0.115. The van der Waals surface area contributed by atoms with Crippen molar-refractivity contribution in [2.45, 2.75) is 0 Å². The first-order valence-electron chi connectivity index (χ1n) is 12.2. The van der Waals surface area contributed by atoms with Crippen LogP contribution in [0.2, 0.25) is 0 Å². The third-order valence-corrected chi connectivity index (χ3v) is 6.16. The Morgan fingerprint density at radius 3 is 2.44 bits per heavy atom. The highest BCUT2D eigenvalue weighted by atomic mass is 19.1. The number of para-hydroxylation sites is 1. The van der Waals surface area contributed by atoms with Gasteiger partial charge in [0.2, 0.25) is 0 Å². The molecule has 2 N–H and O–H groups in total. The second-order valence-corrected chi connectivity index (χ2v) is 8.71. The molecule has 204 valence electrons. The van der Waals surface area contributed by atoms with Crippen LogP contribution in [0.4, 0.5) is 10.1 Å². The molecular formula is C30H21FN4O6. The SMILES string of the molecule is COc1cc(C=NNC(=O)c2[nH]c3c(F)cccc3c2-c2ccccc2)ccc1OC(=O)c1ccc([N+](=O)[O-])cc1. The number of ether oxygens (including phenoxy) is 2. The zero-order valence-corrected chi connectivity index (χ0v) is 21.5. The summed E-state index contributed by atoms with van der Waals surface area (Å²) >= 11 is 0. The number of nitrogens with zero attached hydrogens (tertiary/aromatic N) is 2. The summed E-state index contributed by atoms with van der Waals surface area (Å²) in [5.41, 5.74) is 4.60. The van der Waals surface area contributed by atoms with Crippen molar-refractivity contribution in [2.24, 2.45) is 5.10 Å². The van der Waals surface area contributed by atoms with Crippen molar-refractivity contribution in [2.75, 3.05) is 7.11 Å². The van der Waals surface area contributed by atoms with Gasteiger partial charge in [0.15, 0.2) is 11.5 Å². The van der Waals surface area contributed by atoms with E-state index in [0.717, 1.165) is 5.56 Å². The highest BCUT2D eigenvalue weighted by Crippen LogP contribution is 2.33. The van der Waals surface area contributed by atoms with Crippen LogP contribution in [0.1, 0.15) is 26.4 Å². The highest BCUT2D eigenvalue weighted by molar-refractivity contribution is 6.10. The largest absolute Gasteiger partial charge is 0.493 e. The number of nitro groups is 1. The first-order chi connectivity index (χ1) is 19.9. The van der Waals surface area contributed by atoms with Gasteiger partial charge < -0.3 is 14.5 Å². The van der Waals surface area contributed by atoms with E-state index < -0.39 is 22.6 Å². The van der Waals surface area contributed by atoms with E-state index in [1.54, 1.807) is 24.3 Å². The summed E-state index contributed by atoms with van der Waals surface area (Å²) in [5.74, 6) is -1.45. The summed E-state index contributed by atoms with van der Waals surface area (Å²) in [7, 11) is 1.39. The number of hydrogen-bond donors (Lipinski definition) is 2. The molecule has 4 aromatic carbocycles. The van der Waals surface area contributed by atoms with Gasteiger partial charge in [-0.25, -0.2) is 14.6 Å². The van der Waals surface area contributed by atoms with Gasteiger partial charge in [-0.15, -0.1) is 0 Å². The monoisotopic (exact) mass is 552 g/mol. The van der Waals surface area contributed by atoms with Crippen LogP contribution in [0.3, 0.4) is 0 Å². The number of amides is 1. The zero-order chi connectivity index (χ0) is 28.9. The Morgan fingerprint density at radius 1 is 0.976 bits per heavy atom. The van der Waals surface area contributed by atoms with Crippen LogP contribution in [0, 0.1) is 15.9 Å². The molecule has 11 heteroatoms. The maximum absolute atomic E-state index is 14.5. The van der Waals surface area contributed by atoms with Gasteiger partial charge in [-0.1, -0.05) is 42.5 Å². The fourth-order valence-electron chi connectivity index (χ4n) is 4.20. The van der Waals surface area contributed by atoms with Crippen molar-refractivity contribution in [1.29, 1.82) is 0 Å². The number of fused-ring (bicyclic) bond motifs is 1. The molecule has 1 aromatic heterocycles. The Hall–Kier alpha value is -5.84. The Bertz CT molecular complexity index is 1800. The van der Waals surface area contributed by atoms with Gasteiger partial charge in [-0.3, -0.25) is 14.9 Å². The molecule has 0 aliphatic carbocycles. The van der Waals surface area contributed by atoms with Crippen LogP contribution in [-0.2, 0) is 0 Å². The zero-order valence-electron chi connectivity index (χ0n) is 21.5. The van der Waals surface area contributed by atoms with E-state index in [0.29, 0.717) is 16.5 Å². The number of aromatic amines is 1. The summed E-state index contributed by atoms with van der Waals surface area (Å²) in [5, 5.41) is 15.4. The number of esters is 1. The lowest BCUT2D eigenvalue weighted by molar-refractivity contribution is -0.384. The van der Waals surface area contributed by atoms with Crippen molar-refractivity contribution >= 4 is 34.7 Å². The molecule has 41 heavy (non-hydrogen) atoms. The minimum Gasteiger partial charge on any atom is -0.493 e. The molecule has 5 rings (SSSR count). The molecule has 0 aliphatic heterocycles. The van der Waals surface area contributed by atoms with Crippen molar-refractivity contribution in [3.05, 3.63) is 124 Å². The summed E-state index contributed by atoms with van der Waals surface area (Å²) in [6.45, 7) is 0. The Balaban J connectivity index is 1.33. The van der Waals surface area contributed by atoms with Crippen LogP contribution in [0.15, 0.2) is 96.1 Å². The molecule has 10 nitrogen and oxygen atoms in total. The molecule has 0 spiro atoms.